The highest BCUT2D eigenvalue weighted by Crippen LogP contribution is 2.43. The number of rotatable bonds is 19. The van der Waals surface area contributed by atoms with Crippen LogP contribution in [0.25, 0.3) is 0 Å². The molecule has 0 atom stereocenters. The van der Waals surface area contributed by atoms with Crippen LogP contribution in [0.1, 0.15) is 119 Å². The fraction of sp³-hybridized carbons (Fsp3) is 1.00. The summed E-state index contributed by atoms with van der Waals surface area (Å²) in [5.41, 5.74) is 0. The molecule has 0 spiro atoms. The SMILES string of the molecule is CCCCCC[Si](CCCCCC)(CCCCCC)[Si](CC)(CC)CC. The van der Waals surface area contributed by atoms with E-state index in [9.17, 15) is 0 Å². The topological polar surface area (TPSA) is 0 Å². The smallest absolute Gasteiger partial charge is 0.0478 e. The van der Waals surface area contributed by atoms with E-state index in [2.05, 4.69) is 41.5 Å². The molecule has 0 aliphatic heterocycles. The molecule has 0 rings (SSSR count). The minimum absolute atomic E-state index is 1.04. The van der Waals surface area contributed by atoms with Gasteiger partial charge in [-0.2, -0.15) is 0 Å². The largest absolute Gasteiger partial charge is 0.0680 e. The van der Waals surface area contributed by atoms with E-state index in [1.807, 2.05) is 0 Å². The van der Waals surface area contributed by atoms with Gasteiger partial charge in [-0.3, -0.25) is 0 Å². The average molecular weight is 399 g/mol. The number of hydrogen-bond donors (Lipinski definition) is 0. The maximum Gasteiger partial charge on any atom is 0.0478 e. The maximum atomic E-state index is 2.59. The van der Waals surface area contributed by atoms with Crippen molar-refractivity contribution in [2.24, 2.45) is 0 Å². The Morgan fingerprint density at radius 2 is 0.654 bits per heavy atom. The van der Waals surface area contributed by atoms with E-state index in [-0.39, 0.29) is 0 Å². The lowest BCUT2D eigenvalue weighted by molar-refractivity contribution is 0.668. The van der Waals surface area contributed by atoms with Gasteiger partial charge in [0.05, 0.1) is 0 Å². The van der Waals surface area contributed by atoms with Gasteiger partial charge in [0.15, 0.2) is 0 Å². The van der Waals surface area contributed by atoms with Crippen molar-refractivity contribution in [1.82, 2.24) is 0 Å². The lowest BCUT2D eigenvalue weighted by Gasteiger charge is -2.49. The Bertz CT molecular complexity index is 257. The summed E-state index contributed by atoms with van der Waals surface area (Å²) in [5.74, 6) is 0. The Labute approximate surface area is 170 Å². The zero-order valence-corrected chi connectivity index (χ0v) is 21.7. The zero-order chi connectivity index (χ0) is 19.7. The van der Waals surface area contributed by atoms with E-state index in [1.165, 1.54) is 57.8 Å². The van der Waals surface area contributed by atoms with Gasteiger partial charge in [0, 0.05) is 15.2 Å². The van der Waals surface area contributed by atoms with Crippen molar-refractivity contribution in [1.29, 1.82) is 0 Å². The monoisotopic (exact) mass is 398 g/mol. The molecule has 158 valence electrons. The third-order valence-corrected chi connectivity index (χ3v) is 30.1. The summed E-state index contributed by atoms with van der Waals surface area (Å²) >= 11 is 0. The predicted octanol–water partition coefficient (Wildman–Crippen LogP) is 9.76. The zero-order valence-electron chi connectivity index (χ0n) is 19.7. The third kappa shape index (κ3) is 8.63. The first-order valence-electron chi connectivity index (χ1n) is 12.6. The van der Waals surface area contributed by atoms with Crippen LogP contribution in [0.5, 0.6) is 0 Å². The summed E-state index contributed by atoms with van der Waals surface area (Å²) in [4.78, 5) is 0. The van der Waals surface area contributed by atoms with Gasteiger partial charge < -0.3 is 0 Å². The summed E-state index contributed by atoms with van der Waals surface area (Å²) in [5, 5.41) is 0. The van der Waals surface area contributed by atoms with Gasteiger partial charge in [-0.25, -0.2) is 0 Å². The molecule has 0 saturated heterocycles. The van der Waals surface area contributed by atoms with Crippen LogP contribution in [-0.2, 0) is 0 Å². The normalized spacial score (nSPS) is 12.7. The molecule has 0 heterocycles. The lowest BCUT2D eigenvalue weighted by Crippen LogP contribution is -2.61. The Morgan fingerprint density at radius 1 is 0.346 bits per heavy atom. The highest BCUT2D eigenvalue weighted by molar-refractivity contribution is 7.42. The maximum absolute atomic E-state index is 2.59. The summed E-state index contributed by atoms with van der Waals surface area (Å²) in [6, 6.07) is 9.86. The van der Waals surface area contributed by atoms with Gasteiger partial charge in [0.25, 0.3) is 0 Å². The van der Waals surface area contributed by atoms with Gasteiger partial charge in [-0.1, -0.05) is 155 Å². The summed E-state index contributed by atoms with van der Waals surface area (Å²) in [7, 11) is -2.13. The summed E-state index contributed by atoms with van der Waals surface area (Å²) in [6.07, 6.45) is 17.8. The molecule has 0 saturated carbocycles. The molecule has 0 radical (unpaired) electrons. The molecule has 0 aliphatic rings. The quantitative estimate of drug-likeness (QED) is 0.150. The minimum Gasteiger partial charge on any atom is -0.0680 e. The van der Waals surface area contributed by atoms with E-state index in [1.54, 1.807) is 55.5 Å². The van der Waals surface area contributed by atoms with E-state index in [0.29, 0.717) is 0 Å². The van der Waals surface area contributed by atoms with Crippen molar-refractivity contribution >= 4 is 15.2 Å². The minimum atomic E-state index is -1.09. The standard InChI is InChI=1S/C24H54Si2/c1-7-13-16-19-22-26(23-20-17-14-8-2,24-21-18-15-9-3)25(10-4,11-5)12-6/h7-24H2,1-6H3. The second-order valence-electron chi connectivity index (χ2n) is 9.05. The molecule has 0 nitrogen and oxygen atoms in total. The van der Waals surface area contributed by atoms with Crippen molar-refractivity contribution in [2.45, 2.75) is 155 Å². The number of hydrogen-bond acceptors (Lipinski definition) is 0. The van der Waals surface area contributed by atoms with Gasteiger partial charge in [-0.05, 0) is 0 Å². The van der Waals surface area contributed by atoms with Crippen molar-refractivity contribution < 1.29 is 0 Å². The molecule has 0 aromatic carbocycles. The van der Waals surface area contributed by atoms with Crippen LogP contribution in [0.2, 0.25) is 36.3 Å². The predicted molar refractivity (Wildman–Crippen MR) is 130 cm³/mol. The fourth-order valence-electron chi connectivity index (χ4n) is 5.72. The average Bonchev–Trinajstić information content (AvgIpc) is 2.67. The van der Waals surface area contributed by atoms with E-state index < -0.39 is 15.2 Å². The molecule has 26 heavy (non-hydrogen) atoms. The highest BCUT2D eigenvalue weighted by Gasteiger charge is 2.49. The molecule has 0 aliphatic carbocycles. The molecule has 0 aromatic heterocycles. The van der Waals surface area contributed by atoms with Crippen molar-refractivity contribution in [3.8, 4) is 0 Å². The molecule has 0 fully saturated rings. The second kappa shape index (κ2) is 16.4. The van der Waals surface area contributed by atoms with Crippen LogP contribution in [0.15, 0.2) is 0 Å². The third-order valence-electron chi connectivity index (χ3n) is 7.68. The molecule has 0 unspecified atom stereocenters. The van der Waals surface area contributed by atoms with Crippen LogP contribution < -0.4 is 0 Å². The second-order valence-corrected chi connectivity index (χ2v) is 24.2. The first-order valence-corrected chi connectivity index (χ1v) is 18.9. The van der Waals surface area contributed by atoms with Gasteiger partial charge in [0.2, 0.25) is 0 Å². The molecular formula is C24H54Si2. The first kappa shape index (κ1) is 26.4. The summed E-state index contributed by atoms with van der Waals surface area (Å²) in [6.45, 7) is 14.9. The molecule has 0 bridgehead atoms. The van der Waals surface area contributed by atoms with E-state index >= 15 is 0 Å². The summed E-state index contributed by atoms with van der Waals surface area (Å²) < 4.78 is 0. The Balaban J connectivity index is 5.33. The Hall–Kier alpha value is 0.434. The first-order chi connectivity index (χ1) is 12.6. The van der Waals surface area contributed by atoms with Crippen LogP contribution in [0.4, 0.5) is 0 Å². The van der Waals surface area contributed by atoms with Crippen LogP contribution in [0, 0.1) is 0 Å². The van der Waals surface area contributed by atoms with Crippen LogP contribution >= 0.6 is 0 Å². The molecule has 0 aromatic rings. The van der Waals surface area contributed by atoms with Crippen molar-refractivity contribution in [3.63, 3.8) is 0 Å². The molecule has 2 heteroatoms. The molecule has 0 N–H and O–H groups in total. The molecular weight excluding hydrogens is 344 g/mol. The highest BCUT2D eigenvalue weighted by atomic mass is 29.3. The van der Waals surface area contributed by atoms with E-state index in [0.717, 1.165) is 0 Å². The van der Waals surface area contributed by atoms with E-state index in [4.69, 9.17) is 0 Å². The Morgan fingerprint density at radius 3 is 0.885 bits per heavy atom. The van der Waals surface area contributed by atoms with Crippen molar-refractivity contribution in [2.75, 3.05) is 0 Å². The fourth-order valence-corrected chi connectivity index (χ4v) is 27.7. The van der Waals surface area contributed by atoms with Gasteiger partial charge >= 0.3 is 0 Å². The van der Waals surface area contributed by atoms with Crippen LogP contribution in [0.3, 0.4) is 0 Å². The van der Waals surface area contributed by atoms with Gasteiger partial charge in [-0.15, -0.1) is 0 Å². The Kier molecular flexibility index (Phi) is 16.7. The lowest BCUT2D eigenvalue weighted by atomic mass is 10.2. The number of unbranched alkanes of at least 4 members (excludes halogenated alkanes) is 9. The van der Waals surface area contributed by atoms with Gasteiger partial charge in [0.1, 0.15) is 0 Å². The van der Waals surface area contributed by atoms with Crippen LogP contribution in [-0.4, -0.2) is 15.2 Å². The van der Waals surface area contributed by atoms with Crippen molar-refractivity contribution in [3.05, 3.63) is 0 Å². The molecule has 0 amide bonds.